The van der Waals surface area contributed by atoms with E-state index in [1.54, 1.807) is 0 Å². The first-order chi connectivity index (χ1) is 40.0. The van der Waals surface area contributed by atoms with E-state index in [1.165, 1.54) is 347 Å². The van der Waals surface area contributed by atoms with Crippen molar-refractivity contribution in [3.8, 4) is 0 Å². The molecule has 0 aromatic rings. The van der Waals surface area contributed by atoms with E-state index in [9.17, 15) is 19.4 Å². The van der Waals surface area contributed by atoms with Crippen LogP contribution in [-0.2, 0) is 18.4 Å². The molecule has 0 radical (unpaired) electrons. The Morgan fingerprint density at radius 2 is 0.585 bits per heavy atom. The number of carbonyl (C=O) groups is 1. The molecular formula is C73H150N2O6P+. The van der Waals surface area contributed by atoms with Crippen LogP contribution < -0.4 is 5.32 Å². The lowest BCUT2D eigenvalue weighted by atomic mass is 10.0. The SMILES string of the molecule is CCCCCCCCCCCCCCCCCCCCCCCCCCCCCCCCCCC(=O)NC(COP(=O)(O)OCC[N+](C)(C)C)C(O)CCCCCCCCCCCCCCCCCCCCCCCCCCCCCC. The summed E-state index contributed by atoms with van der Waals surface area (Å²) < 4.78 is 23.9. The molecule has 0 saturated carbocycles. The van der Waals surface area contributed by atoms with Crippen molar-refractivity contribution in [2.45, 2.75) is 424 Å². The smallest absolute Gasteiger partial charge is 0.391 e. The Kier molecular flexibility index (Phi) is 64.6. The molecule has 82 heavy (non-hydrogen) atoms. The minimum Gasteiger partial charge on any atom is -0.391 e. The molecule has 0 aromatic carbocycles. The molecule has 3 N–H and O–H groups in total. The molecule has 0 heterocycles. The van der Waals surface area contributed by atoms with E-state index in [2.05, 4.69) is 19.2 Å². The zero-order chi connectivity index (χ0) is 59.8. The highest BCUT2D eigenvalue weighted by Crippen LogP contribution is 2.43. The minimum absolute atomic E-state index is 0.0796. The predicted molar refractivity (Wildman–Crippen MR) is 360 cm³/mol. The number of aliphatic hydroxyl groups is 1. The van der Waals surface area contributed by atoms with Gasteiger partial charge in [-0.25, -0.2) is 4.57 Å². The number of phosphoric ester groups is 1. The highest BCUT2D eigenvalue weighted by molar-refractivity contribution is 7.47. The number of hydrogen-bond donors (Lipinski definition) is 3. The number of amides is 1. The van der Waals surface area contributed by atoms with Crippen molar-refractivity contribution in [1.29, 1.82) is 0 Å². The Bertz CT molecular complexity index is 1300. The second kappa shape index (κ2) is 65.0. The van der Waals surface area contributed by atoms with Crippen LogP contribution in [0.4, 0.5) is 0 Å². The number of unbranched alkanes of at least 4 members (excludes halogenated alkanes) is 58. The minimum atomic E-state index is -4.33. The Balaban J connectivity index is 3.94. The number of likely N-dealkylation sites (N-methyl/N-ethyl adjacent to an activating group) is 1. The van der Waals surface area contributed by atoms with E-state index in [0.29, 0.717) is 23.9 Å². The van der Waals surface area contributed by atoms with Crippen molar-refractivity contribution in [2.75, 3.05) is 40.9 Å². The van der Waals surface area contributed by atoms with Crippen molar-refractivity contribution < 1.29 is 32.9 Å². The molecular weight excluding hydrogens is 1030 g/mol. The average molecular weight is 1180 g/mol. The molecule has 3 atom stereocenters. The van der Waals surface area contributed by atoms with Crippen LogP contribution in [-0.4, -0.2) is 73.4 Å². The zero-order valence-electron chi connectivity index (χ0n) is 56.5. The first-order valence-electron chi connectivity index (χ1n) is 37.4. The van der Waals surface area contributed by atoms with Crippen molar-refractivity contribution in [2.24, 2.45) is 0 Å². The molecule has 0 fully saturated rings. The number of carbonyl (C=O) groups excluding carboxylic acids is 1. The Morgan fingerprint density at radius 1 is 0.366 bits per heavy atom. The quantitative estimate of drug-likeness (QED) is 0.0318. The van der Waals surface area contributed by atoms with Gasteiger partial charge in [-0.1, -0.05) is 393 Å². The third-order valence-corrected chi connectivity index (χ3v) is 18.8. The molecule has 492 valence electrons. The highest BCUT2D eigenvalue weighted by atomic mass is 31.2. The molecule has 9 heteroatoms. The highest BCUT2D eigenvalue weighted by Gasteiger charge is 2.28. The van der Waals surface area contributed by atoms with Gasteiger partial charge < -0.3 is 19.8 Å². The maximum absolute atomic E-state index is 13.1. The summed E-state index contributed by atoms with van der Waals surface area (Å²) >= 11 is 0. The van der Waals surface area contributed by atoms with Crippen LogP contribution in [0.25, 0.3) is 0 Å². The molecule has 8 nitrogen and oxygen atoms in total. The van der Waals surface area contributed by atoms with Gasteiger partial charge in [0.15, 0.2) is 0 Å². The van der Waals surface area contributed by atoms with Gasteiger partial charge in [0, 0.05) is 6.42 Å². The summed E-state index contributed by atoms with van der Waals surface area (Å²) in [6.45, 7) is 4.97. The normalized spacial score (nSPS) is 13.5. The molecule has 3 unspecified atom stereocenters. The van der Waals surface area contributed by atoms with Crippen LogP contribution in [0.5, 0.6) is 0 Å². The van der Waals surface area contributed by atoms with Crippen LogP contribution in [0, 0.1) is 0 Å². The summed E-state index contributed by atoms with van der Waals surface area (Å²) in [5, 5.41) is 14.2. The maximum atomic E-state index is 13.1. The van der Waals surface area contributed by atoms with E-state index in [0.717, 1.165) is 38.5 Å². The van der Waals surface area contributed by atoms with Crippen molar-refractivity contribution in [1.82, 2.24) is 5.32 Å². The number of nitrogens with one attached hydrogen (secondary N) is 1. The van der Waals surface area contributed by atoms with E-state index < -0.39 is 20.0 Å². The first kappa shape index (κ1) is 81.5. The van der Waals surface area contributed by atoms with Crippen LogP contribution in [0.3, 0.4) is 0 Å². The molecule has 0 aliphatic rings. The van der Waals surface area contributed by atoms with Gasteiger partial charge in [-0.05, 0) is 12.8 Å². The van der Waals surface area contributed by atoms with Crippen LogP contribution in [0.15, 0.2) is 0 Å². The second-order valence-electron chi connectivity index (χ2n) is 27.4. The van der Waals surface area contributed by atoms with Gasteiger partial charge in [0.2, 0.25) is 5.91 Å². The molecule has 0 rings (SSSR count). The zero-order valence-corrected chi connectivity index (χ0v) is 57.4. The topological polar surface area (TPSA) is 105 Å². The summed E-state index contributed by atoms with van der Waals surface area (Å²) in [7, 11) is 1.64. The first-order valence-corrected chi connectivity index (χ1v) is 38.9. The summed E-state index contributed by atoms with van der Waals surface area (Å²) in [6, 6.07) is -0.757. The molecule has 1 amide bonds. The predicted octanol–water partition coefficient (Wildman–Crippen LogP) is 23.9. The lowest BCUT2D eigenvalue weighted by molar-refractivity contribution is -0.870. The third kappa shape index (κ3) is 67.0. The summed E-state index contributed by atoms with van der Waals surface area (Å²) in [4.78, 5) is 23.5. The van der Waals surface area contributed by atoms with Gasteiger partial charge in [-0.2, -0.15) is 0 Å². The number of quaternary nitrogens is 1. The van der Waals surface area contributed by atoms with Crippen molar-refractivity contribution in [3.63, 3.8) is 0 Å². The number of hydrogen-bond acceptors (Lipinski definition) is 5. The number of aliphatic hydroxyl groups excluding tert-OH is 1. The van der Waals surface area contributed by atoms with Crippen LogP contribution >= 0.6 is 7.82 Å². The summed E-state index contributed by atoms with van der Waals surface area (Å²) in [5.74, 6) is -0.132. The van der Waals surface area contributed by atoms with Gasteiger partial charge in [0.1, 0.15) is 13.2 Å². The van der Waals surface area contributed by atoms with Gasteiger partial charge in [-0.3, -0.25) is 13.8 Å². The number of rotatable bonds is 71. The van der Waals surface area contributed by atoms with Crippen LogP contribution in [0.2, 0.25) is 0 Å². The molecule has 0 aromatic heterocycles. The van der Waals surface area contributed by atoms with Crippen LogP contribution in [0.1, 0.15) is 412 Å². The van der Waals surface area contributed by atoms with E-state index >= 15 is 0 Å². The van der Waals surface area contributed by atoms with Gasteiger partial charge in [0.05, 0.1) is 39.9 Å². The lowest BCUT2D eigenvalue weighted by Crippen LogP contribution is -2.46. The second-order valence-corrected chi connectivity index (χ2v) is 28.9. The fourth-order valence-electron chi connectivity index (χ4n) is 12.1. The fraction of sp³-hybridized carbons (Fsp3) is 0.986. The number of nitrogens with zero attached hydrogens (tertiary/aromatic N) is 1. The average Bonchev–Trinajstić information content (AvgIpc) is 3.47. The molecule has 0 saturated heterocycles. The molecule has 0 aliphatic carbocycles. The van der Waals surface area contributed by atoms with Gasteiger partial charge in [-0.15, -0.1) is 0 Å². The fourth-order valence-corrected chi connectivity index (χ4v) is 12.8. The maximum Gasteiger partial charge on any atom is 0.472 e. The van der Waals surface area contributed by atoms with Crippen molar-refractivity contribution in [3.05, 3.63) is 0 Å². The molecule has 0 bridgehead atoms. The monoisotopic (exact) mass is 1180 g/mol. The largest absolute Gasteiger partial charge is 0.472 e. The Labute approximate surface area is 514 Å². The standard InChI is InChI=1S/C73H149N2O6P/c1-6-8-10-12-14-16-18-20-22-24-26-28-30-32-34-36-37-38-39-41-43-45-47-49-51-53-55-57-59-61-63-65-67-73(77)74-71(70-81-82(78,79)80-69-68-75(3,4)5)72(76)66-64-62-60-58-56-54-52-50-48-46-44-42-40-35-33-31-29-27-25-23-21-19-17-15-13-11-9-7-2/h71-72,76H,6-70H2,1-5H3,(H-,74,77,78,79)/p+1. The summed E-state index contributed by atoms with van der Waals surface area (Å²) in [5.41, 5.74) is 0. The van der Waals surface area contributed by atoms with E-state index in [1.807, 2.05) is 21.1 Å². The van der Waals surface area contributed by atoms with Gasteiger partial charge in [0.25, 0.3) is 0 Å². The Hall–Kier alpha value is -0.500. The van der Waals surface area contributed by atoms with Crippen molar-refractivity contribution >= 4 is 13.7 Å². The Morgan fingerprint density at radius 3 is 0.817 bits per heavy atom. The third-order valence-electron chi connectivity index (χ3n) is 17.9. The molecule has 0 spiro atoms. The van der Waals surface area contributed by atoms with E-state index in [-0.39, 0.29) is 19.1 Å². The van der Waals surface area contributed by atoms with Gasteiger partial charge >= 0.3 is 7.82 Å². The van der Waals surface area contributed by atoms with E-state index in [4.69, 9.17) is 9.05 Å². The lowest BCUT2D eigenvalue weighted by Gasteiger charge is -2.26. The molecule has 0 aliphatic heterocycles. The number of phosphoric acid groups is 1. The summed E-state index contributed by atoms with van der Waals surface area (Å²) in [6.07, 6.45) is 82.3.